The maximum Gasteiger partial charge on any atom is 0.227 e. The molecule has 0 aromatic heterocycles. The van der Waals surface area contributed by atoms with Crippen LogP contribution in [0, 0.1) is 28.1 Å². The van der Waals surface area contributed by atoms with Gasteiger partial charge >= 0.3 is 0 Å². The first-order chi connectivity index (χ1) is 16.6. The van der Waals surface area contributed by atoms with Crippen molar-refractivity contribution in [3.05, 3.63) is 55.5 Å². The molecule has 192 valence electrons. The van der Waals surface area contributed by atoms with Crippen molar-refractivity contribution in [2.45, 2.75) is 59.3 Å². The van der Waals surface area contributed by atoms with Gasteiger partial charge in [-0.05, 0) is 34.4 Å². The number of phenols is 1. The summed E-state index contributed by atoms with van der Waals surface area (Å²) in [6.45, 7) is 12.7. The maximum absolute atomic E-state index is 13.3. The van der Waals surface area contributed by atoms with Crippen LogP contribution in [0.25, 0.3) is 0 Å². The molecule has 0 fully saturated rings. The molecule has 0 saturated carbocycles. The molecule has 2 aromatic rings. The summed E-state index contributed by atoms with van der Waals surface area (Å²) in [5.74, 6) is -0.384. The highest BCUT2D eigenvalue weighted by atomic mass is 35.5. The highest BCUT2D eigenvalue weighted by Crippen LogP contribution is 2.41. The van der Waals surface area contributed by atoms with Crippen molar-refractivity contribution >= 4 is 46.4 Å². The van der Waals surface area contributed by atoms with Gasteiger partial charge in [-0.2, -0.15) is 10.5 Å². The van der Waals surface area contributed by atoms with Crippen LogP contribution in [0.2, 0.25) is 15.1 Å². The first kappa shape index (κ1) is 29.6. The van der Waals surface area contributed by atoms with Crippen molar-refractivity contribution in [1.29, 1.82) is 10.5 Å². The van der Waals surface area contributed by atoms with Gasteiger partial charge in [0, 0.05) is 13.1 Å². The number of nitrogens with one attached hydrogen (secondary N) is 2. The number of nitriles is 2. The number of benzene rings is 2. The number of aromatic hydroxyl groups is 1. The second kappa shape index (κ2) is 11.6. The molecule has 2 rings (SSSR count). The molecule has 1 amide bonds. The number of nitrogens with zero attached hydrogens (tertiary/aromatic N) is 2. The van der Waals surface area contributed by atoms with E-state index >= 15 is 0 Å². The normalized spacial score (nSPS) is 12.4. The van der Waals surface area contributed by atoms with Gasteiger partial charge in [0.25, 0.3) is 0 Å². The van der Waals surface area contributed by atoms with E-state index in [0.717, 1.165) is 11.1 Å². The summed E-state index contributed by atoms with van der Waals surface area (Å²) in [5.41, 5.74) is 1.32. The third kappa shape index (κ3) is 6.98. The van der Waals surface area contributed by atoms with Crippen LogP contribution in [-0.2, 0) is 10.2 Å². The van der Waals surface area contributed by atoms with Crippen molar-refractivity contribution in [1.82, 2.24) is 5.32 Å². The molecule has 36 heavy (non-hydrogen) atoms. The second-order valence-corrected chi connectivity index (χ2v) is 12.0. The summed E-state index contributed by atoms with van der Waals surface area (Å²) in [6, 6.07) is 9.16. The summed E-state index contributed by atoms with van der Waals surface area (Å²) in [4.78, 5) is 13.3. The molecule has 0 aliphatic rings. The molecule has 0 saturated heterocycles. The van der Waals surface area contributed by atoms with E-state index in [4.69, 9.17) is 34.8 Å². The minimum Gasteiger partial charge on any atom is -0.508 e. The molecule has 0 aliphatic heterocycles. The predicted molar refractivity (Wildman–Crippen MR) is 146 cm³/mol. The minimum absolute atomic E-state index is 0.00682. The Hall–Kier alpha value is -2.64. The summed E-state index contributed by atoms with van der Waals surface area (Å²) in [7, 11) is 0. The number of anilines is 1. The molecule has 0 heterocycles. The van der Waals surface area contributed by atoms with Crippen LogP contribution in [0.4, 0.5) is 5.69 Å². The number of hydrogen-bond acceptors (Lipinski definition) is 5. The van der Waals surface area contributed by atoms with Gasteiger partial charge in [0.2, 0.25) is 5.91 Å². The Kier molecular flexibility index (Phi) is 9.54. The van der Waals surface area contributed by atoms with Gasteiger partial charge in [-0.3, -0.25) is 4.79 Å². The van der Waals surface area contributed by atoms with Crippen LogP contribution >= 0.6 is 34.8 Å². The molecule has 3 N–H and O–H groups in total. The zero-order chi connectivity index (χ0) is 27.4. The van der Waals surface area contributed by atoms with Crippen molar-refractivity contribution < 1.29 is 9.90 Å². The molecule has 0 spiro atoms. The monoisotopic (exact) mass is 548 g/mol. The third-order valence-electron chi connectivity index (χ3n) is 5.64. The summed E-state index contributed by atoms with van der Waals surface area (Å²) in [6.07, 6.45) is 0.601. The Morgan fingerprint density at radius 1 is 0.972 bits per heavy atom. The number of rotatable bonds is 7. The average Bonchev–Trinajstić information content (AvgIpc) is 2.78. The molecule has 1 atom stereocenters. The highest BCUT2D eigenvalue weighted by Gasteiger charge is 2.29. The van der Waals surface area contributed by atoms with E-state index < -0.39 is 5.92 Å². The Bertz CT molecular complexity index is 1230. The second-order valence-electron chi connectivity index (χ2n) is 10.9. The fourth-order valence-corrected chi connectivity index (χ4v) is 4.61. The topological polar surface area (TPSA) is 109 Å². The summed E-state index contributed by atoms with van der Waals surface area (Å²) in [5, 5.41) is 35.2. The Labute approximate surface area is 228 Å². The van der Waals surface area contributed by atoms with Crippen LogP contribution in [0.1, 0.15) is 76.1 Å². The zero-order valence-electron chi connectivity index (χ0n) is 21.3. The Morgan fingerprint density at radius 3 is 2.11 bits per heavy atom. The van der Waals surface area contributed by atoms with E-state index in [1.54, 1.807) is 12.1 Å². The van der Waals surface area contributed by atoms with Crippen molar-refractivity contribution in [3.8, 4) is 17.9 Å². The molecule has 2 aromatic carbocycles. The first-order valence-electron chi connectivity index (χ1n) is 11.5. The quantitative estimate of drug-likeness (QED) is 0.251. The summed E-state index contributed by atoms with van der Waals surface area (Å²) < 4.78 is 0. The van der Waals surface area contributed by atoms with E-state index in [-0.39, 0.29) is 67.5 Å². The average molecular weight is 550 g/mol. The molecule has 9 heteroatoms. The van der Waals surface area contributed by atoms with Crippen molar-refractivity contribution in [2.24, 2.45) is 5.41 Å². The van der Waals surface area contributed by atoms with E-state index in [2.05, 4.69) is 31.4 Å². The minimum atomic E-state index is -0.430. The molecule has 6 nitrogen and oxygen atoms in total. The first-order valence-corrected chi connectivity index (χ1v) is 12.6. The van der Waals surface area contributed by atoms with E-state index in [1.807, 2.05) is 39.0 Å². The van der Waals surface area contributed by atoms with Crippen LogP contribution in [0.3, 0.4) is 0 Å². The third-order valence-corrected chi connectivity index (χ3v) is 6.97. The lowest BCUT2D eigenvalue weighted by atomic mass is 9.78. The van der Waals surface area contributed by atoms with E-state index in [1.165, 1.54) is 0 Å². The fraction of sp³-hybridized carbons (Fsp3) is 0.444. The number of carbonyl (C=O) groups excluding carboxylic acids is 1. The van der Waals surface area contributed by atoms with Gasteiger partial charge in [-0.15, -0.1) is 0 Å². The van der Waals surface area contributed by atoms with Gasteiger partial charge < -0.3 is 15.7 Å². The number of hydrogen-bond donors (Lipinski definition) is 3. The lowest BCUT2D eigenvalue weighted by Crippen LogP contribution is -2.35. The number of carbonyl (C=O) groups is 1. The van der Waals surface area contributed by atoms with Crippen LogP contribution < -0.4 is 10.6 Å². The smallest absolute Gasteiger partial charge is 0.227 e. The molecular weight excluding hydrogens is 519 g/mol. The number of halogens is 3. The molecule has 0 aliphatic carbocycles. The van der Waals surface area contributed by atoms with Crippen LogP contribution in [0.15, 0.2) is 18.2 Å². The largest absolute Gasteiger partial charge is 0.508 e. The number of amides is 1. The van der Waals surface area contributed by atoms with Crippen LogP contribution in [-0.4, -0.2) is 24.1 Å². The van der Waals surface area contributed by atoms with E-state index in [0.29, 0.717) is 6.42 Å². The van der Waals surface area contributed by atoms with Gasteiger partial charge in [-0.1, -0.05) is 88.5 Å². The van der Waals surface area contributed by atoms with Crippen molar-refractivity contribution in [3.63, 3.8) is 0 Å². The van der Waals surface area contributed by atoms with Crippen molar-refractivity contribution in [2.75, 3.05) is 18.4 Å². The maximum atomic E-state index is 13.3. The van der Waals surface area contributed by atoms with Gasteiger partial charge in [0.15, 0.2) is 0 Å². The standard InChI is InChI=1S/C27H31Cl3N4O2/c1-26(2,3)12-16(15-7-8-20(35)19(11-15)27(4,5)6)25(36)34-10-9-33-24-18(14-32)17(13-31)21(28)22(29)23(24)30/h7-8,11,16,33,35H,9-10,12H2,1-6H3,(H,34,36). The van der Waals surface area contributed by atoms with E-state index in [9.17, 15) is 20.4 Å². The number of phenolic OH excluding ortho intramolecular Hbond substituents is 1. The Balaban J connectivity index is 2.24. The fourth-order valence-electron chi connectivity index (χ4n) is 3.88. The highest BCUT2D eigenvalue weighted by molar-refractivity contribution is 6.50. The SMILES string of the molecule is CC(C)(C)CC(C(=O)NCCNc1c(Cl)c(Cl)c(Cl)c(C#N)c1C#N)c1ccc(O)c(C(C)(C)C)c1. The Morgan fingerprint density at radius 2 is 1.58 bits per heavy atom. The molecular formula is C27H31Cl3N4O2. The van der Waals surface area contributed by atoms with Gasteiger partial charge in [-0.25, -0.2) is 0 Å². The zero-order valence-corrected chi connectivity index (χ0v) is 23.6. The lowest BCUT2D eigenvalue weighted by molar-refractivity contribution is -0.123. The lowest BCUT2D eigenvalue weighted by Gasteiger charge is -2.28. The molecule has 1 unspecified atom stereocenters. The van der Waals surface area contributed by atoms with Gasteiger partial charge in [0.05, 0.1) is 37.8 Å². The molecule has 0 radical (unpaired) electrons. The molecule has 0 bridgehead atoms. The van der Waals surface area contributed by atoms with Gasteiger partial charge in [0.1, 0.15) is 17.9 Å². The predicted octanol–water partition coefficient (Wildman–Crippen LogP) is 7.14. The van der Waals surface area contributed by atoms with Crippen LogP contribution in [0.5, 0.6) is 5.75 Å². The summed E-state index contributed by atoms with van der Waals surface area (Å²) >= 11 is 18.5.